The molecule has 2 fully saturated rings. The highest BCUT2D eigenvalue weighted by molar-refractivity contribution is 7.99. The Bertz CT molecular complexity index is 1150. The van der Waals surface area contributed by atoms with Crippen LogP contribution in [0.1, 0.15) is 30.0 Å². The van der Waals surface area contributed by atoms with Gasteiger partial charge in [-0.2, -0.15) is 0 Å². The maximum atomic E-state index is 14.4. The molecule has 1 aliphatic carbocycles. The van der Waals surface area contributed by atoms with Gasteiger partial charge in [0.1, 0.15) is 5.82 Å². The molecule has 1 aliphatic heterocycles. The highest BCUT2D eigenvalue weighted by Crippen LogP contribution is 2.42. The number of hydrogen-bond donors (Lipinski definition) is 1. The van der Waals surface area contributed by atoms with Crippen molar-refractivity contribution in [3.05, 3.63) is 59.5 Å². The van der Waals surface area contributed by atoms with Crippen molar-refractivity contribution in [1.29, 1.82) is 0 Å². The van der Waals surface area contributed by atoms with Crippen LogP contribution >= 0.6 is 23.3 Å². The molecule has 166 valence electrons. The van der Waals surface area contributed by atoms with Gasteiger partial charge in [0.2, 0.25) is 5.91 Å². The van der Waals surface area contributed by atoms with Gasteiger partial charge in [-0.25, -0.2) is 9.37 Å². The molecule has 5 nitrogen and oxygen atoms in total. The minimum Gasteiger partial charge on any atom is -0.370 e. The molecule has 2 aromatic carbocycles. The summed E-state index contributed by atoms with van der Waals surface area (Å²) in [5.41, 5.74) is 4.67. The summed E-state index contributed by atoms with van der Waals surface area (Å²) in [7, 11) is 1.77. The van der Waals surface area contributed by atoms with Crippen molar-refractivity contribution in [2.24, 2.45) is 11.1 Å². The van der Waals surface area contributed by atoms with Crippen LogP contribution in [0.5, 0.6) is 0 Å². The Kier molecular flexibility index (Phi) is 5.69. The van der Waals surface area contributed by atoms with Crippen molar-refractivity contribution in [3.63, 3.8) is 0 Å². The minimum absolute atomic E-state index is 0.0643. The Labute approximate surface area is 195 Å². The first-order valence-corrected chi connectivity index (χ1v) is 12.4. The largest absolute Gasteiger partial charge is 0.370 e. The average molecular weight is 469 g/mol. The molecule has 1 saturated carbocycles. The third-order valence-corrected chi connectivity index (χ3v) is 8.36. The standard InChI is InChI=1S/C24H25FN4OS2/c1-14-23(32-26)31-24(27-14)28(2)22(30)18-12-29(13-18)19-8-5-16(6-9-19)20-11-17(15-3-4-15)7-10-21(20)25/h5-11,15,18H,3-4,12-13,26H2,1-2H3. The first kappa shape index (κ1) is 21.4. The maximum Gasteiger partial charge on any atom is 0.235 e. The summed E-state index contributed by atoms with van der Waals surface area (Å²) >= 11 is 2.60. The maximum absolute atomic E-state index is 14.4. The van der Waals surface area contributed by atoms with Gasteiger partial charge >= 0.3 is 0 Å². The molecule has 8 heteroatoms. The van der Waals surface area contributed by atoms with Crippen molar-refractivity contribution < 1.29 is 9.18 Å². The van der Waals surface area contributed by atoms with Crippen LogP contribution in [0.25, 0.3) is 11.1 Å². The topological polar surface area (TPSA) is 62.5 Å². The number of rotatable bonds is 6. The minimum atomic E-state index is -0.187. The van der Waals surface area contributed by atoms with Crippen LogP contribution in [-0.2, 0) is 4.79 Å². The molecule has 1 amide bonds. The zero-order valence-corrected chi connectivity index (χ0v) is 19.7. The first-order valence-electron chi connectivity index (χ1n) is 10.7. The molecule has 0 atom stereocenters. The predicted molar refractivity (Wildman–Crippen MR) is 130 cm³/mol. The van der Waals surface area contributed by atoms with Crippen molar-refractivity contribution in [2.75, 3.05) is 29.9 Å². The highest BCUT2D eigenvalue weighted by atomic mass is 32.2. The van der Waals surface area contributed by atoms with E-state index in [9.17, 15) is 9.18 Å². The summed E-state index contributed by atoms with van der Waals surface area (Å²) in [4.78, 5) is 21.1. The second kappa shape index (κ2) is 8.50. The third-order valence-electron chi connectivity index (χ3n) is 6.28. The molecule has 0 spiro atoms. The summed E-state index contributed by atoms with van der Waals surface area (Å²) in [5, 5.41) is 6.33. The van der Waals surface area contributed by atoms with Gasteiger partial charge in [-0.05, 0) is 73.0 Å². The zero-order valence-electron chi connectivity index (χ0n) is 18.0. The van der Waals surface area contributed by atoms with E-state index in [-0.39, 0.29) is 17.6 Å². The van der Waals surface area contributed by atoms with E-state index >= 15 is 0 Å². The lowest BCUT2D eigenvalue weighted by molar-refractivity contribution is -0.122. The van der Waals surface area contributed by atoms with Gasteiger partial charge in [-0.1, -0.05) is 29.5 Å². The van der Waals surface area contributed by atoms with E-state index in [4.69, 9.17) is 5.14 Å². The monoisotopic (exact) mass is 468 g/mol. The third kappa shape index (κ3) is 4.02. The van der Waals surface area contributed by atoms with Gasteiger partial charge < -0.3 is 4.90 Å². The molecule has 1 aromatic heterocycles. The van der Waals surface area contributed by atoms with Gasteiger partial charge in [-0.15, -0.1) is 0 Å². The molecule has 5 rings (SSSR count). The molecular weight excluding hydrogens is 443 g/mol. The Hall–Kier alpha value is -2.42. The molecule has 32 heavy (non-hydrogen) atoms. The summed E-state index contributed by atoms with van der Waals surface area (Å²) in [6.07, 6.45) is 2.40. The van der Waals surface area contributed by atoms with Crippen LogP contribution in [0.4, 0.5) is 15.2 Å². The van der Waals surface area contributed by atoms with Gasteiger partial charge in [0, 0.05) is 31.4 Å². The van der Waals surface area contributed by atoms with E-state index in [1.54, 1.807) is 18.0 Å². The molecule has 2 heterocycles. The SMILES string of the molecule is Cc1nc(N(C)C(=O)C2CN(c3ccc(-c4cc(C5CC5)ccc4F)cc3)C2)sc1SN. The van der Waals surface area contributed by atoms with Crippen molar-refractivity contribution in [3.8, 4) is 11.1 Å². The van der Waals surface area contributed by atoms with Crippen molar-refractivity contribution in [1.82, 2.24) is 4.98 Å². The first-order chi connectivity index (χ1) is 15.4. The Morgan fingerprint density at radius 3 is 2.56 bits per heavy atom. The number of anilines is 2. The number of halogens is 1. The van der Waals surface area contributed by atoms with Gasteiger partial charge in [0.15, 0.2) is 5.13 Å². The lowest BCUT2D eigenvalue weighted by atomic mass is 9.96. The number of carbonyl (C=O) groups excluding carboxylic acids is 1. The summed E-state index contributed by atoms with van der Waals surface area (Å²) in [5.74, 6) is 0.411. The number of amides is 1. The number of nitrogens with two attached hydrogens (primary N) is 1. The number of aromatic nitrogens is 1. The molecule has 0 radical (unpaired) electrons. The number of aryl methyl sites for hydroxylation is 1. The second-order valence-electron chi connectivity index (χ2n) is 8.55. The fourth-order valence-electron chi connectivity index (χ4n) is 4.12. The molecule has 3 aromatic rings. The van der Waals surface area contributed by atoms with E-state index in [1.165, 1.54) is 29.7 Å². The number of nitrogens with zero attached hydrogens (tertiary/aromatic N) is 3. The molecule has 2 N–H and O–H groups in total. The molecule has 1 saturated heterocycles. The quantitative estimate of drug-likeness (QED) is 0.504. The zero-order chi connectivity index (χ0) is 22.4. The van der Waals surface area contributed by atoms with Gasteiger partial charge in [-0.3, -0.25) is 14.8 Å². The Balaban J connectivity index is 1.23. The number of benzene rings is 2. The molecule has 0 unspecified atom stereocenters. The lowest BCUT2D eigenvalue weighted by Gasteiger charge is -2.41. The van der Waals surface area contributed by atoms with Crippen LogP contribution in [0.2, 0.25) is 0 Å². The smallest absolute Gasteiger partial charge is 0.235 e. The van der Waals surface area contributed by atoms with E-state index in [2.05, 4.69) is 9.88 Å². The number of carbonyl (C=O) groups is 1. The fraction of sp³-hybridized carbons (Fsp3) is 0.333. The van der Waals surface area contributed by atoms with Gasteiger partial charge in [0.25, 0.3) is 0 Å². The summed E-state index contributed by atoms with van der Waals surface area (Å²) < 4.78 is 15.3. The summed E-state index contributed by atoms with van der Waals surface area (Å²) in [6.45, 7) is 3.23. The Morgan fingerprint density at radius 2 is 1.94 bits per heavy atom. The molecule has 0 bridgehead atoms. The second-order valence-corrected chi connectivity index (χ2v) is 10.4. The predicted octanol–water partition coefficient (Wildman–Crippen LogP) is 5.20. The van der Waals surface area contributed by atoms with E-state index in [0.29, 0.717) is 29.7 Å². The van der Waals surface area contributed by atoms with E-state index in [1.807, 2.05) is 43.3 Å². The Morgan fingerprint density at radius 1 is 1.22 bits per heavy atom. The highest BCUT2D eigenvalue weighted by Gasteiger charge is 2.35. The number of thiazole rings is 1. The van der Waals surface area contributed by atoms with Crippen LogP contribution in [0.3, 0.4) is 0 Å². The number of hydrogen-bond acceptors (Lipinski definition) is 6. The van der Waals surface area contributed by atoms with Crippen LogP contribution in [0, 0.1) is 18.7 Å². The van der Waals surface area contributed by atoms with Crippen LogP contribution in [0.15, 0.2) is 46.7 Å². The van der Waals surface area contributed by atoms with Gasteiger partial charge in [0.05, 0.1) is 15.8 Å². The average Bonchev–Trinajstić information content (AvgIpc) is 3.55. The van der Waals surface area contributed by atoms with Crippen molar-refractivity contribution >= 4 is 40.0 Å². The van der Waals surface area contributed by atoms with E-state index < -0.39 is 0 Å². The summed E-state index contributed by atoms with van der Waals surface area (Å²) in [6, 6.07) is 13.4. The van der Waals surface area contributed by atoms with Crippen molar-refractivity contribution in [2.45, 2.75) is 29.9 Å². The van der Waals surface area contributed by atoms with Crippen LogP contribution in [-0.4, -0.2) is 31.0 Å². The lowest BCUT2D eigenvalue weighted by Crippen LogP contribution is -2.54. The fourth-order valence-corrected chi connectivity index (χ4v) is 5.52. The molecule has 2 aliphatic rings. The van der Waals surface area contributed by atoms with E-state index in [0.717, 1.165) is 33.1 Å². The van der Waals surface area contributed by atoms with Crippen LogP contribution < -0.4 is 14.9 Å². The molecular formula is C24H25FN4OS2. The normalized spacial score (nSPS) is 16.2.